The number of rotatable bonds is 10. The number of benzene rings is 2. The third kappa shape index (κ3) is 6.04. The quantitative estimate of drug-likeness (QED) is 0.169. The van der Waals surface area contributed by atoms with Crippen LogP contribution in [0.1, 0.15) is 17.0 Å². The number of ether oxygens (including phenoxy) is 1. The van der Waals surface area contributed by atoms with Crippen molar-refractivity contribution >= 4 is 34.1 Å². The normalized spacial score (nSPS) is 11.2. The van der Waals surface area contributed by atoms with E-state index in [4.69, 9.17) is 21.3 Å². The predicted molar refractivity (Wildman–Crippen MR) is 171 cm³/mol. The van der Waals surface area contributed by atoms with Crippen LogP contribution in [-0.2, 0) is 13.1 Å². The van der Waals surface area contributed by atoms with Gasteiger partial charge in [0.1, 0.15) is 11.3 Å². The number of imidazole rings is 1. The molecule has 6 aromatic rings. The molecule has 2 aromatic carbocycles. The highest BCUT2D eigenvalue weighted by molar-refractivity contribution is 6.36. The highest BCUT2D eigenvalue weighted by atomic mass is 35.5. The molecular weight excluding hydrogens is 560 g/mol. The fourth-order valence-corrected chi connectivity index (χ4v) is 5.40. The lowest BCUT2D eigenvalue weighted by Gasteiger charge is -2.17. The number of halogens is 1. The topological polar surface area (TPSA) is 103 Å². The number of pyridine rings is 2. The lowest BCUT2D eigenvalue weighted by atomic mass is 9.96. The zero-order valence-electron chi connectivity index (χ0n) is 24.2. The molecule has 4 aromatic heterocycles. The molecular formula is C33H31ClN8O. The maximum absolute atomic E-state index is 7.10. The van der Waals surface area contributed by atoms with Gasteiger partial charge in [0.25, 0.3) is 0 Å². The number of nitrogens with zero attached hydrogens (tertiary/aromatic N) is 6. The first-order valence-electron chi connectivity index (χ1n) is 14.0. The van der Waals surface area contributed by atoms with Crippen LogP contribution in [0, 0.1) is 13.8 Å². The Hall–Kier alpha value is -4.86. The van der Waals surface area contributed by atoms with Crippen molar-refractivity contribution in [3.8, 4) is 28.3 Å². The largest absolute Gasteiger partial charge is 0.481 e. The maximum atomic E-state index is 7.10. The van der Waals surface area contributed by atoms with Crippen molar-refractivity contribution in [2.45, 2.75) is 26.9 Å². The Morgan fingerprint density at radius 3 is 2.56 bits per heavy atom. The number of nitrogens with one attached hydrogen (secondary N) is 2. The smallest absolute Gasteiger partial charge is 0.218 e. The van der Waals surface area contributed by atoms with Crippen LogP contribution in [0.4, 0.5) is 11.5 Å². The van der Waals surface area contributed by atoms with E-state index < -0.39 is 0 Å². The fraction of sp³-hybridized carbons (Fsp3) is 0.182. The van der Waals surface area contributed by atoms with Crippen LogP contribution in [0.3, 0.4) is 0 Å². The van der Waals surface area contributed by atoms with Gasteiger partial charge in [0.05, 0.1) is 29.7 Å². The van der Waals surface area contributed by atoms with Crippen LogP contribution in [0.5, 0.6) is 5.88 Å². The van der Waals surface area contributed by atoms with Crippen LogP contribution < -0.4 is 15.4 Å². The second-order valence-electron chi connectivity index (χ2n) is 10.1. The Morgan fingerprint density at radius 2 is 1.72 bits per heavy atom. The van der Waals surface area contributed by atoms with E-state index in [1.807, 2.05) is 78.6 Å². The molecule has 0 bridgehead atoms. The molecule has 0 amide bonds. The number of hydrogen-bond acceptors (Lipinski definition) is 8. The molecule has 0 atom stereocenters. The second kappa shape index (κ2) is 12.6. The Morgan fingerprint density at radius 1 is 0.884 bits per heavy atom. The first-order chi connectivity index (χ1) is 21.0. The molecule has 0 saturated heterocycles. The monoisotopic (exact) mass is 590 g/mol. The van der Waals surface area contributed by atoms with E-state index in [9.17, 15) is 0 Å². The minimum atomic E-state index is 0.567. The molecule has 4 heterocycles. The maximum Gasteiger partial charge on any atom is 0.218 e. The average molecular weight is 591 g/mol. The van der Waals surface area contributed by atoms with Crippen LogP contribution in [0.25, 0.3) is 33.4 Å². The Kier molecular flexibility index (Phi) is 8.26. The van der Waals surface area contributed by atoms with Gasteiger partial charge in [-0.3, -0.25) is 4.98 Å². The number of hydrogen-bond donors (Lipinski definition) is 2. The van der Waals surface area contributed by atoms with Gasteiger partial charge in [-0.1, -0.05) is 48.0 Å². The van der Waals surface area contributed by atoms with Gasteiger partial charge in [-0.25, -0.2) is 19.9 Å². The van der Waals surface area contributed by atoms with E-state index in [0.717, 1.165) is 63.3 Å². The van der Waals surface area contributed by atoms with E-state index in [1.165, 1.54) is 0 Å². The Balaban J connectivity index is 1.27. The van der Waals surface area contributed by atoms with E-state index in [2.05, 4.69) is 43.6 Å². The molecule has 0 saturated carbocycles. The third-order valence-electron chi connectivity index (χ3n) is 7.27. The molecule has 0 aliphatic heterocycles. The summed E-state index contributed by atoms with van der Waals surface area (Å²) in [6.45, 7) is 6.21. The molecule has 10 heteroatoms. The number of aromatic nitrogens is 6. The van der Waals surface area contributed by atoms with Crippen molar-refractivity contribution in [2.75, 3.05) is 19.0 Å². The summed E-state index contributed by atoms with van der Waals surface area (Å²) in [5.74, 6) is 1.90. The average Bonchev–Trinajstić information content (AvgIpc) is 3.54. The van der Waals surface area contributed by atoms with Gasteiger partial charge >= 0.3 is 0 Å². The lowest BCUT2D eigenvalue weighted by Crippen LogP contribution is -2.19. The summed E-state index contributed by atoms with van der Waals surface area (Å²) in [6, 6.07) is 19.9. The molecule has 9 nitrogen and oxygen atoms in total. The van der Waals surface area contributed by atoms with Crippen molar-refractivity contribution in [3.63, 3.8) is 0 Å². The molecule has 0 spiro atoms. The summed E-state index contributed by atoms with van der Waals surface area (Å²) in [5, 5.41) is 7.55. The molecule has 0 fully saturated rings. The van der Waals surface area contributed by atoms with Crippen molar-refractivity contribution in [1.82, 2.24) is 34.8 Å². The lowest BCUT2D eigenvalue weighted by molar-refractivity contribution is 0.391. The summed E-state index contributed by atoms with van der Waals surface area (Å²) in [5.41, 5.74) is 7.91. The highest BCUT2D eigenvalue weighted by Crippen LogP contribution is 2.39. The zero-order valence-corrected chi connectivity index (χ0v) is 24.9. The van der Waals surface area contributed by atoms with Gasteiger partial charge in [0.2, 0.25) is 5.88 Å². The molecule has 0 aliphatic carbocycles. The van der Waals surface area contributed by atoms with Gasteiger partial charge < -0.3 is 19.9 Å². The van der Waals surface area contributed by atoms with Crippen molar-refractivity contribution < 1.29 is 4.74 Å². The van der Waals surface area contributed by atoms with Crippen molar-refractivity contribution in [2.24, 2.45) is 0 Å². The van der Waals surface area contributed by atoms with Gasteiger partial charge in [-0.2, -0.15) is 0 Å². The minimum absolute atomic E-state index is 0.567. The molecule has 0 unspecified atom stereocenters. The molecule has 0 radical (unpaired) electrons. The van der Waals surface area contributed by atoms with Gasteiger partial charge in [-0.15, -0.1) is 0 Å². The molecule has 6 rings (SSSR count). The fourth-order valence-electron chi connectivity index (χ4n) is 5.08. The van der Waals surface area contributed by atoms with E-state index in [-0.39, 0.29) is 0 Å². The van der Waals surface area contributed by atoms with Gasteiger partial charge in [0.15, 0.2) is 5.82 Å². The number of anilines is 2. The van der Waals surface area contributed by atoms with E-state index in [1.54, 1.807) is 19.5 Å². The van der Waals surface area contributed by atoms with Crippen molar-refractivity contribution in [1.29, 1.82) is 0 Å². The van der Waals surface area contributed by atoms with Crippen LogP contribution in [-0.4, -0.2) is 43.1 Å². The summed E-state index contributed by atoms with van der Waals surface area (Å²) in [6.07, 6.45) is 7.28. The number of aryl methyl sites for hydroxylation is 1. The SMILES string of the molecule is COc1nc(-c2cccc(-c3cccc(Nc4nc(C)nc5cccnc45)c3C)c2Cl)ccc1CNCCn1ccnc1. The van der Waals surface area contributed by atoms with Crippen LogP contribution in [0.15, 0.2) is 85.6 Å². The summed E-state index contributed by atoms with van der Waals surface area (Å²) < 4.78 is 7.69. The number of methoxy groups -OCH3 is 1. The number of fused-ring (bicyclic) bond motifs is 1. The predicted octanol–water partition coefficient (Wildman–Crippen LogP) is 6.76. The van der Waals surface area contributed by atoms with E-state index >= 15 is 0 Å². The molecule has 0 aliphatic rings. The van der Waals surface area contributed by atoms with Crippen molar-refractivity contribution in [3.05, 3.63) is 108 Å². The van der Waals surface area contributed by atoms with Crippen LogP contribution in [0.2, 0.25) is 5.02 Å². The first kappa shape index (κ1) is 28.3. The molecule has 216 valence electrons. The van der Waals surface area contributed by atoms with Gasteiger partial charge in [0, 0.05) is 60.6 Å². The minimum Gasteiger partial charge on any atom is -0.481 e. The second-order valence-corrected chi connectivity index (χ2v) is 10.5. The third-order valence-corrected chi connectivity index (χ3v) is 7.68. The Labute approximate surface area is 255 Å². The molecule has 43 heavy (non-hydrogen) atoms. The summed E-state index contributed by atoms with van der Waals surface area (Å²) >= 11 is 7.10. The standard InChI is InChI=1S/C33H31ClN8O/c1-21-24(7-5-10-27(21)40-32-31-29(11-6-14-37-31)38-22(2)39-32)25-8-4-9-26(30(25)34)28-13-12-23(33(41-28)43-3)19-35-15-17-42-18-16-36-20-42/h4-14,16,18,20,35H,15,17,19H2,1-3H3,(H,38,39,40). The summed E-state index contributed by atoms with van der Waals surface area (Å²) in [7, 11) is 1.64. The highest BCUT2D eigenvalue weighted by Gasteiger charge is 2.17. The molecule has 2 N–H and O–H groups in total. The van der Waals surface area contributed by atoms with Crippen LogP contribution >= 0.6 is 11.6 Å². The summed E-state index contributed by atoms with van der Waals surface area (Å²) in [4.78, 5) is 22.6. The Bertz CT molecular complexity index is 1890. The zero-order chi connectivity index (χ0) is 29.8. The van der Waals surface area contributed by atoms with Gasteiger partial charge in [-0.05, 0) is 49.2 Å². The first-order valence-corrected chi connectivity index (χ1v) is 14.3. The van der Waals surface area contributed by atoms with E-state index in [0.29, 0.717) is 29.1 Å².